The molecule has 1 unspecified atom stereocenters. The molecule has 1 nitrogen and oxygen atoms in total. The van der Waals surface area contributed by atoms with E-state index in [-0.39, 0.29) is 0 Å². The van der Waals surface area contributed by atoms with E-state index in [1.165, 1.54) is 25.7 Å². The zero-order valence-corrected chi connectivity index (χ0v) is 6.69. The predicted octanol–water partition coefficient (Wildman–Crippen LogP) is 2.16. The predicted molar refractivity (Wildman–Crippen MR) is 42.4 cm³/mol. The monoisotopic (exact) mass is 129 g/mol. The van der Waals surface area contributed by atoms with Gasteiger partial charge in [0.05, 0.1) is 0 Å². The van der Waals surface area contributed by atoms with E-state index in [4.69, 9.17) is 5.73 Å². The average Bonchev–Trinajstić information content (AvgIpc) is 1.89. The summed E-state index contributed by atoms with van der Waals surface area (Å²) in [6, 6.07) is 0. The van der Waals surface area contributed by atoms with Crippen LogP contribution in [0.2, 0.25) is 0 Å². The van der Waals surface area contributed by atoms with Crippen molar-refractivity contribution in [1.82, 2.24) is 0 Å². The van der Waals surface area contributed by atoms with Crippen molar-refractivity contribution in [2.45, 2.75) is 39.5 Å². The van der Waals surface area contributed by atoms with Gasteiger partial charge in [0, 0.05) is 0 Å². The molecular formula is C8H19N. The molecule has 0 bridgehead atoms. The highest BCUT2D eigenvalue weighted by atomic mass is 14.5. The first-order valence-corrected chi connectivity index (χ1v) is 4.01. The Bertz CT molecular complexity index is 52.5. The summed E-state index contributed by atoms with van der Waals surface area (Å²) in [6.45, 7) is 5.40. The first-order valence-electron chi connectivity index (χ1n) is 4.01. The van der Waals surface area contributed by atoms with Crippen LogP contribution in [0.15, 0.2) is 0 Å². The van der Waals surface area contributed by atoms with Crippen LogP contribution in [-0.2, 0) is 0 Å². The third-order valence-corrected chi connectivity index (χ3v) is 1.85. The van der Waals surface area contributed by atoms with Crippen LogP contribution >= 0.6 is 0 Å². The van der Waals surface area contributed by atoms with Crippen molar-refractivity contribution >= 4 is 0 Å². The lowest BCUT2D eigenvalue weighted by Gasteiger charge is -2.05. The molecule has 0 spiro atoms. The SMILES string of the molecule is CCC(C)CCCCN. The minimum atomic E-state index is 0.858. The smallest absolute Gasteiger partial charge is 0.00773 e. The van der Waals surface area contributed by atoms with E-state index >= 15 is 0 Å². The molecule has 0 aromatic rings. The first-order chi connectivity index (χ1) is 4.31. The van der Waals surface area contributed by atoms with E-state index in [2.05, 4.69) is 13.8 Å². The van der Waals surface area contributed by atoms with Crippen molar-refractivity contribution < 1.29 is 0 Å². The largest absolute Gasteiger partial charge is 0.330 e. The maximum absolute atomic E-state index is 5.36. The molecule has 0 aliphatic carbocycles. The van der Waals surface area contributed by atoms with Crippen molar-refractivity contribution in [3.05, 3.63) is 0 Å². The van der Waals surface area contributed by atoms with Crippen LogP contribution in [0.25, 0.3) is 0 Å². The number of rotatable bonds is 5. The minimum absolute atomic E-state index is 0.858. The van der Waals surface area contributed by atoms with Gasteiger partial charge in [-0.25, -0.2) is 0 Å². The molecule has 0 aromatic carbocycles. The van der Waals surface area contributed by atoms with E-state index < -0.39 is 0 Å². The topological polar surface area (TPSA) is 26.0 Å². The fourth-order valence-electron chi connectivity index (χ4n) is 0.841. The molecule has 0 saturated carbocycles. The van der Waals surface area contributed by atoms with E-state index in [1.807, 2.05) is 0 Å². The van der Waals surface area contributed by atoms with Crippen molar-refractivity contribution in [2.24, 2.45) is 11.7 Å². The van der Waals surface area contributed by atoms with Crippen molar-refractivity contribution in [3.8, 4) is 0 Å². The number of unbranched alkanes of at least 4 members (excludes halogenated alkanes) is 1. The van der Waals surface area contributed by atoms with Crippen molar-refractivity contribution in [2.75, 3.05) is 6.54 Å². The lowest BCUT2D eigenvalue weighted by Crippen LogP contribution is -1.99. The Morgan fingerprint density at radius 3 is 2.44 bits per heavy atom. The Labute approximate surface area is 58.6 Å². The van der Waals surface area contributed by atoms with Gasteiger partial charge in [-0.15, -0.1) is 0 Å². The van der Waals surface area contributed by atoms with Gasteiger partial charge in [0.25, 0.3) is 0 Å². The molecule has 0 amide bonds. The zero-order chi connectivity index (χ0) is 7.11. The molecule has 0 radical (unpaired) electrons. The molecule has 0 aliphatic heterocycles. The molecule has 56 valence electrons. The van der Waals surface area contributed by atoms with Gasteiger partial charge in [0.1, 0.15) is 0 Å². The van der Waals surface area contributed by atoms with E-state index in [1.54, 1.807) is 0 Å². The first kappa shape index (κ1) is 8.96. The van der Waals surface area contributed by atoms with Crippen LogP contribution in [0, 0.1) is 5.92 Å². The molecule has 1 heteroatoms. The maximum atomic E-state index is 5.36. The third-order valence-electron chi connectivity index (χ3n) is 1.85. The van der Waals surface area contributed by atoms with Gasteiger partial charge in [-0.1, -0.05) is 33.1 Å². The highest BCUT2D eigenvalue weighted by Gasteiger charge is 1.95. The van der Waals surface area contributed by atoms with Gasteiger partial charge in [0.2, 0.25) is 0 Å². The fraction of sp³-hybridized carbons (Fsp3) is 1.00. The second-order valence-electron chi connectivity index (χ2n) is 2.80. The molecule has 0 fully saturated rings. The van der Waals surface area contributed by atoms with E-state index in [0.29, 0.717) is 0 Å². The van der Waals surface area contributed by atoms with Gasteiger partial charge in [-0.2, -0.15) is 0 Å². The fourth-order valence-corrected chi connectivity index (χ4v) is 0.841. The third kappa shape index (κ3) is 5.84. The minimum Gasteiger partial charge on any atom is -0.330 e. The molecular weight excluding hydrogens is 110 g/mol. The number of hydrogen-bond acceptors (Lipinski definition) is 1. The summed E-state index contributed by atoms with van der Waals surface area (Å²) in [5.41, 5.74) is 5.36. The Balaban J connectivity index is 2.88. The van der Waals surface area contributed by atoms with Crippen molar-refractivity contribution in [3.63, 3.8) is 0 Å². The summed E-state index contributed by atoms with van der Waals surface area (Å²) >= 11 is 0. The van der Waals surface area contributed by atoms with Crippen LogP contribution in [-0.4, -0.2) is 6.54 Å². The Kier molecular flexibility index (Phi) is 6.06. The molecule has 9 heavy (non-hydrogen) atoms. The molecule has 0 rings (SSSR count). The van der Waals surface area contributed by atoms with Crippen LogP contribution in [0.5, 0.6) is 0 Å². The van der Waals surface area contributed by atoms with E-state index in [9.17, 15) is 0 Å². The summed E-state index contributed by atoms with van der Waals surface area (Å²) in [5.74, 6) is 0.900. The molecule has 0 aliphatic rings. The number of nitrogens with two attached hydrogens (primary N) is 1. The zero-order valence-electron chi connectivity index (χ0n) is 6.69. The molecule has 0 saturated heterocycles. The summed E-state index contributed by atoms with van der Waals surface area (Å²) in [6.07, 6.45) is 5.17. The molecule has 0 heterocycles. The van der Waals surface area contributed by atoms with Crippen molar-refractivity contribution in [1.29, 1.82) is 0 Å². The molecule has 0 aromatic heterocycles. The Morgan fingerprint density at radius 1 is 1.33 bits per heavy atom. The second-order valence-corrected chi connectivity index (χ2v) is 2.80. The Morgan fingerprint density at radius 2 is 2.00 bits per heavy atom. The second kappa shape index (κ2) is 6.09. The summed E-state index contributed by atoms with van der Waals surface area (Å²) in [7, 11) is 0. The Hall–Kier alpha value is -0.0400. The lowest BCUT2D eigenvalue weighted by atomic mass is 10.0. The highest BCUT2D eigenvalue weighted by molar-refractivity contribution is 4.50. The average molecular weight is 129 g/mol. The molecule has 2 N–H and O–H groups in total. The van der Waals surface area contributed by atoms with Crippen LogP contribution in [0.3, 0.4) is 0 Å². The van der Waals surface area contributed by atoms with Crippen LogP contribution in [0.1, 0.15) is 39.5 Å². The van der Waals surface area contributed by atoms with Gasteiger partial charge in [-0.05, 0) is 18.9 Å². The quantitative estimate of drug-likeness (QED) is 0.566. The summed E-state index contributed by atoms with van der Waals surface area (Å²) < 4.78 is 0. The van der Waals surface area contributed by atoms with Gasteiger partial charge in [-0.3, -0.25) is 0 Å². The van der Waals surface area contributed by atoms with Gasteiger partial charge in [0.15, 0.2) is 0 Å². The maximum Gasteiger partial charge on any atom is -0.00773 e. The summed E-state index contributed by atoms with van der Waals surface area (Å²) in [4.78, 5) is 0. The van der Waals surface area contributed by atoms with Crippen LogP contribution < -0.4 is 5.73 Å². The molecule has 1 atom stereocenters. The standard InChI is InChI=1S/C8H19N/c1-3-8(2)6-4-5-7-9/h8H,3-7,9H2,1-2H3. The highest BCUT2D eigenvalue weighted by Crippen LogP contribution is 2.09. The van der Waals surface area contributed by atoms with E-state index in [0.717, 1.165) is 12.5 Å². The van der Waals surface area contributed by atoms with Gasteiger partial charge >= 0.3 is 0 Å². The van der Waals surface area contributed by atoms with Gasteiger partial charge < -0.3 is 5.73 Å². The number of hydrogen-bond donors (Lipinski definition) is 1. The lowest BCUT2D eigenvalue weighted by molar-refractivity contribution is 0.487. The summed E-state index contributed by atoms with van der Waals surface area (Å²) in [5, 5.41) is 0. The normalized spacial score (nSPS) is 13.7. The van der Waals surface area contributed by atoms with Crippen LogP contribution in [0.4, 0.5) is 0 Å².